The van der Waals surface area contributed by atoms with Gasteiger partial charge in [-0.3, -0.25) is 5.32 Å². The van der Waals surface area contributed by atoms with Crippen molar-refractivity contribution in [2.45, 2.75) is 0 Å². The number of aromatic carboxylic acids is 1. The molecule has 0 saturated carbocycles. The van der Waals surface area contributed by atoms with Crippen molar-refractivity contribution in [2.24, 2.45) is 0 Å². The van der Waals surface area contributed by atoms with Crippen molar-refractivity contribution in [1.29, 1.82) is 0 Å². The van der Waals surface area contributed by atoms with Gasteiger partial charge in [0.2, 0.25) is 5.13 Å². The van der Waals surface area contributed by atoms with Gasteiger partial charge in [0.25, 0.3) is 0 Å². The molecule has 1 aromatic heterocycles. The summed E-state index contributed by atoms with van der Waals surface area (Å²) in [6.07, 6.45) is 0. The van der Waals surface area contributed by atoms with Gasteiger partial charge in [-0.15, -0.1) is 10.2 Å². The predicted molar refractivity (Wildman–Crippen MR) is 66.0 cm³/mol. The summed E-state index contributed by atoms with van der Waals surface area (Å²) in [5, 5.41) is 21.4. The second-order valence-electron chi connectivity index (χ2n) is 3.21. The molecule has 2 aromatic rings. The Hall–Kier alpha value is -2.48. The summed E-state index contributed by atoms with van der Waals surface area (Å²) >= 11 is 1.18. The number of urea groups is 1. The van der Waals surface area contributed by atoms with Gasteiger partial charge in [-0.1, -0.05) is 17.4 Å². The molecule has 0 aliphatic heterocycles. The van der Waals surface area contributed by atoms with E-state index >= 15 is 0 Å². The highest BCUT2D eigenvalue weighted by molar-refractivity contribution is 7.13. The average molecular weight is 264 g/mol. The SMILES string of the molecule is O=C(Nc1cccc(C(=O)O)c1)Nc1nncs1. The zero-order valence-corrected chi connectivity index (χ0v) is 9.77. The zero-order chi connectivity index (χ0) is 13.0. The maximum Gasteiger partial charge on any atom is 0.335 e. The second kappa shape index (κ2) is 5.23. The summed E-state index contributed by atoms with van der Waals surface area (Å²) in [6, 6.07) is 5.43. The Balaban J connectivity index is 2.03. The number of hydrogen-bond acceptors (Lipinski definition) is 5. The van der Waals surface area contributed by atoms with Gasteiger partial charge in [0, 0.05) is 5.69 Å². The first-order valence-electron chi connectivity index (χ1n) is 4.82. The molecular weight excluding hydrogens is 256 g/mol. The highest BCUT2D eigenvalue weighted by Gasteiger charge is 2.07. The third-order valence-corrected chi connectivity index (χ3v) is 2.55. The van der Waals surface area contributed by atoms with Gasteiger partial charge in [-0.2, -0.15) is 0 Å². The Kier molecular flexibility index (Phi) is 3.49. The maximum atomic E-state index is 11.5. The van der Waals surface area contributed by atoms with E-state index in [9.17, 15) is 9.59 Å². The first kappa shape index (κ1) is 12.0. The Morgan fingerprint density at radius 3 is 2.78 bits per heavy atom. The van der Waals surface area contributed by atoms with E-state index in [1.165, 1.54) is 29.0 Å². The molecule has 0 aliphatic rings. The quantitative estimate of drug-likeness (QED) is 0.785. The lowest BCUT2D eigenvalue weighted by atomic mass is 10.2. The van der Waals surface area contributed by atoms with Crippen LogP contribution in [-0.2, 0) is 0 Å². The molecule has 2 amide bonds. The van der Waals surface area contributed by atoms with E-state index in [1.807, 2.05) is 0 Å². The predicted octanol–water partition coefficient (Wildman–Crippen LogP) is 1.88. The van der Waals surface area contributed by atoms with Crippen LogP contribution in [0.3, 0.4) is 0 Å². The normalized spacial score (nSPS) is 9.78. The molecule has 0 spiro atoms. The van der Waals surface area contributed by atoms with Crippen LogP contribution >= 0.6 is 11.3 Å². The minimum atomic E-state index is -1.05. The lowest BCUT2D eigenvalue weighted by Gasteiger charge is -2.05. The summed E-state index contributed by atoms with van der Waals surface area (Å²) in [6.45, 7) is 0. The number of rotatable bonds is 3. The van der Waals surface area contributed by atoms with Gasteiger partial charge in [0.1, 0.15) is 5.51 Å². The van der Waals surface area contributed by atoms with Crippen LogP contribution in [0.5, 0.6) is 0 Å². The average Bonchev–Trinajstić information content (AvgIpc) is 2.82. The van der Waals surface area contributed by atoms with E-state index in [4.69, 9.17) is 5.11 Å². The number of amides is 2. The molecule has 3 N–H and O–H groups in total. The van der Waals surface area contributed by atoms with Crippen LogP contribution < -0.4 is 10.6 Å². The second-order valence-corrected chi connectivity index (χ2v) is 4.04. The summed E-state index contributed by atoms with van der Waals surface area (Å²) < 4.78 is 0. The standard InChI is InChI=1S/C10H8N4O3S/c15-8(16)6-2-1-3-7(4-6)12-9(17)13-10-14-11-5-18-10/h1-5H,(H,15,16)(H2,12,13,14,17). The summed E-state index contributed by atoms with van der Waals surface area (Å²) in [5.74, 6) is -1.05. The van der Waals surface area contributed by atoms with Crippen molar-refractivity contribution in [3.8, 4) is 0 Å². The molecule has 18 heavy (non-hydrogen) atoms. The smallest absolute Gasteiger partial charge is 0.335 e. The fraction of sp³-hybridized carbons (Fsp3) is 0. The van der Waals surface area contributed by atoms with Crippen molar-refractivity contribution in [3.63, 3.8) is 0 Å². The van der Waals surface area contributed by atoms with Gasteiger partial charge in [0.15, 0.2) is 0 Å². The molecule has 0 bridgehead atoms. The number of nitrogens with zero attached hydrogens (tertiary/aromatic N) is 2. The van der Waals surface area contributed by atoms with Gasteiger partial charge in [-0.05, 0) is 18.2 Å². The number of carboxylic acids is 1. The molecule has 7 nitrogen and oxygen atoms in total. The van der Waals surface area contributed by atoms with Gasteiger partial charge in [-0.25, -0.2) is 9.59 Å². The minimum absolute atomic E-state index is 0.101. The number of carboxylic acid groups (broad SMARTS) is 1. The van der Waals surface area contributed by atoms with Crippen LogP contribution in [0.1, 0.15) is 10.4 Å². The number of carbonyl (C=O) groups excluding carboxylic acids is 1. The van der Waals surface area contributed by atoms with E-state index in [2.05, 4.69) is 20.8 Å². The Labute approximate surface area is 105 Å². The van der Waals surface area contributed by atoms with E-state index in [0.29, 0.717) is 10.8 Å². The van der Waals surface area contributed by atoms with Crippen molar-refractivity contribution in [1.82, 2.24) is 10.2 Å². The van der Waals surface area contributed by atoms with Gasteiger partial charge < -0.3 is 10.4 Å². The summed E-state index contributed by atoms with van der Waals surface area (Å²) in [4.78, 5) is 22.3. The fourth-order valence-electron chi connectivity index (χ4n) is 1.22. The van der Waals surface area contributed by atoms with Gasteiger partial charge >= 0.3 is 12.0 Å². The molecule has 1 aromatic carbocycles. The Morgan fingerprint density at radius 1 is 1.28 bits per heavy atom. The number of carbonyl (C=O) groups is 2. The molecule has 0 saturated heterocycles. The van der Waals surface area contributed by atoms with Crippen molar-refractivity contribution in [3.05, 3.63) is 35.3 Å². The third kappa shape index (κ3) is 3.01. The van der Waals surface area contributed by atoms with E-state index in [-0.39, 0.29) is 5.56 Å². The monoisotopic (exact) mass is 264 g/mol. The van der Waals surface area contributed by atoms with Crippen LogP contribution in [0.25, 0.3) is 0 Å². The minimum Gasteiger partial charge on any atom is -0.478 e. The Morgan fingerprint density at radius 2 is 2.11 bits per heavy atom. The van der Waals surface area contributed by atoms with Gasteiger partial charge in [0.05, 0.1) is 5.56 Å². The van der Waals surface area contributed by atoms with Crippen LogP contribution in [0.2, 0.25) is 0 Å². The number of benzene rings is 1. The molecule has 8 heteroatoms. The molecule has 2 rings (SSSR count). The lowest BCUT2D eigenvalue weighted by Crippen LogP contribution is -2.19. The number of nitrogens with one attached hydrogen (secondary N) is 2. The van der Waals surface area contributed by atoms with Crippen LogP contribution in [-0.4, -0.2) is 27.3 Å². The van der Waals surface area contributed by atoms with E-state index in [0.717, 1.165) is 0 Å². The first-order chi connectivity index (χ1) is 8.65. The van der Waals surface area contributed by atoms with Crippen LogP contribution in [0, 0.1) is 0 Å². The highest BCUT2D eigenvalue weighted by Crippen LogP contribution is 2.12. The molecule has 0 unspecified atom stereocenters. The largest absolute Gasteiger partial charge is 0.478 e. The molecule has 0 aliphatic carbocycles. The van der Waals surface area contributed by atoms with Crippen LogP contribution in [0.15, 0.2) is 29.8 Å². The van der Waals surface area contributed by atoms with E-state index < -0.39 is 12.0 Å². The molecule has 0 radical (unpaired) electrons. The zero-order valence-electron chi connectivity index (χ0n) is 8.95. The van der Waals surface area contributed by atoms with Crippen LogP contribution in [0.4, 0.5) is 15.6 Å². The highest BCUT2D eigenvalue weighted by atomic mass is 32.1. The number of aromatic nitrogens is 2. The first-order valence-corrected chi connectivity index (χ1v) is 5.70. The topological polar surface area (TPSA) is 104 Å². The number of anilines is 2. The Bertz CT molecular complexity index is 570. The molecule has 0 atom stereocenters. The third-order valence-electron chi connectivity index (χ3n) is 1.95. The van der Waals surface area contributed by atoms with Crippen molar-refractivity contribution >= 4 is 34.2 Å². The lowest BCUT2D eigenvalue weighted by molar-refractivity contribution is 0.0697. The van der Waals surface area contributed by atoms with Crippen molar-refractivity contribution < 1.29 is 14.7 Å². The number of hydrogen-bond donors (Lipinski definition) is 3. The van der Waals surface area contributed by atoms with Crippen molar-refractivity contribution in [2.75, 3.05) is 10.6 Å². The summed E-state index contributed by atoms with van der Waals surface area (Å²) in [7, 11) is 0. The fourth-order valence-corrected chi connectivity index (χ4v) is 1.66. The molecule has 0 fully saturated rings. The van der Waals surface area contributed by atoms with E-state index in [1.54, 1.807) is 12.1 Å². The molecule has 92 valence electrons. The maximum absolute atomic E-state index is 11.5. The summed E-state index contributed by atoms with van der Waals surface area (Å²) in [5.41, 5.74) is 1.97. The molecule has 1 heterocycles. The molecular formula is C10H8N4O3S.